The van der Waals surface area contributed by atoms with Crippen LogP contribution in [0.2, 0.25) is 10.0 Å². The molecule has 0 amide bonds. The van der Waals surface area contributed by atoms with Gasteiger partial charge in [0.2, 0.25) is 0 Å². The Morgan fingerprint density at radius 3 is 2.71 bits per heavy atom. The Balaban J connectivity index is 1.44. The first-order valence-electron chi connectivity index (χ1n) is 10.1. The summed E-state index contributed by atoms with van der Waals surface area (Å²) < 4.78 is 5.58. The van der Waals surface area contributed by atoms with Crippen molar-refractivity contribution in [3.63, 3.8) is 0 Å². The molecular formula is C20H30Cl2N4O2. The molecule has 1 aromatic carbocycles. The van der Waals surface area contributed by atoms with E-state index in [1.54, 1.807) is 18.2 Å². The van der Waals surface area contributed by atoms with Crippen molar-refractivity contribution in [2.45, 2.75) is 50.8 Å². The fraction of sp³-hybridized carbons (Fsp3) is 0.650. The van der Waals surface area contributed by atoms with Crippen molar-refractivity contribution in [3.8, 4) is 5.75 Å². The second-order valence-corrected chi connectivity index (χ2v) is 8.21. The lowest BCUT2D eigenvalue weighted by atomic mass is 10.1. The van der Waals surface area contributed by atoms with Crippen LogP contribution in [0.1, 0.15) is 32.6 Å². The molecule has 0 aromatic heterocycles. The first-order valence-corrected chi connectivity index (χ1v) is 10.9. The standard InChI is InChI=1S/C20H30Cl2N4O2/c1-2-23-20(25-14-8-10-26(11-9-14)15-6-7-15)24-12-16(27)13-28-18-5-3-4-17(21)19(18)22/h3-5,14-16,27H,2,6-13H2,1H3,(H2,23,24,25). The van der Waals surface area contributed by atoms with Crippen LogP contribution in [0, 0.1) is 0 Å². The smallest absolute Gasteiger partial charge is 0.191 e. The van der Waals surface area contributed by atoms with Gasteiger partial charge in [-0.05, 0) is 44.7 Å². The molecule has 3 rings (SSSR count). The summed E-state index contributed by atoms with van der Waals surface area (Å²) in [5, 5.41) is 17.8. The quantitative estimate of drug-likeness (QED) is 0.438. The number of benzene rings is 1. The number of ether oxygens (including phenoxy) is 1. The van der Waals surface area contributed by atoms with Gasteiger partial charge < -0.3 is 25.4 Å². The normalized spacial score (nSPS) is 20.1. The van der Waals surface area contributed by atoms with Crippen LogP contribution in [0.4, 0.5) is 0 Å². The Labute approximate surface area is 177 Å². The van der Waals surface area contributed by atoms with Crippen LogP contribution >= 0.6 is 23.2 Å². The molecule has 0 bridgehead atoms. The number of nitrogens with one attached hydrogen (secondary N) is 2. The number of aliphatic imine (C=N–C) groups is 1. The molecule has 1 aliphatic heterocycles. The number of rotatable bonds is 8. The van der Waals surface area contributed by atoms with Gasteiger partial charge in [0.05, 0.1) is 11.6 Å². The molecule has 3 N–H and O–H groups in total. The maximum Gasteiger partial charge on any atom is 0.191 e. The lowest BCUT2D eigenvalue weighted by Crippen LogP contribution is -2.49. The average molecular weight is 429 g/mol. The number of hydrogen-bond donors (Lipinski definition) is 3. The van der Waals surface area contributed by atoms with Gasteiger partial charge in [-0.3, -0.25) is 4.99 Å². The fourth-order valence-corrected chi connectivity index (χ4v) is 3.74. The molecule has 0 spiro atoms. The van der Waals surface area contributed by atoms with Gasteiger partial charge in [-0.1, -0.05) is 29.3 Å². The van der Waals surface area contributed by atoms with Crippen LogP contribution < -0.4 is 15.4 Å². The Morgan fingerprint density at radius 2 is 2.04 bits per heavy atom. The first kappa shape index (κ1) is 21.5. The zero-order valence-electron chi connectivity index (χ0n) is 16.3. The minimum atomic E-state index is -0.734. The zero-order chi connectivity index (χ0) is 19.9. The zero-order valence-corrected chi connectivity index (χ0v) is 17.8. The summed E-state index contributed by atoms with van der Waals surface area (Å²) in [6, 6.07) is 6.44. The lowest BCUT2D eigenvalue weighted by Gasteiger charge is -2.33. The van der Waals surface area contributed by atoms with Crippen molar-refractivity contribution in [1.29, 1.82) is 0 Å². The highest BCUT2D eigenvalue weighted by molar-refractivity contribution is 6.42. The van der Waals surface area contributed by atoms with Gasteiger partial charge >= 0.3 is 0 Å². The van der Waals surface area contributed by atoms with Crippen molar-refractivity contribution < 1.29 is 9.84 Å². The van der Waals surface area contributed by atoms with Crippen LogP contribution in [-0.4, -0.2) is 66.9 Å². The van der Waals surface area contributed by atoms with Gasteiger partial charge in [0.15, 0.2) is 5.96 Å². The number of piperidine rings is 1. The van der Waals surface area contributed by atoms with E-state index in [0.717, 1.165) is 44.5 Å². The van der Waals surface area contributed by atoms with Crippen LogP contribution in [0.5, 0.6) is 5.75 Å². The summed E-state index contributed by atoms with van der Waals surface area (Å²) >= 11 is 12.1. The third-order valence-corrected chi connectivity index (χ3v) is 5.89. The highest BCUT2D eigenvalue weighted by Crippen LogP contribution is 2.31. The maximum absolute atomic E-state index is 10.2. The number of aliphatic hydroxyl groups is 1. The summed E-state index contributed by atoms with van der Waals surface area (Å²) in [4.78, 5) is 7.12. The van der Waals surface area contributed by atoms with Gasteiger partial charge in [-0.15, -0.1) is 0 Å². The lowest BCUT2D eigenvalue weighted by molar-refractivity contribution is 0.114. The largest absolute Gasteiger partial charge is 0.489 e. The monoisotopic (exact) mass is 428 g/mol. The molecular weight excluding hydrogens is 399 g/mol. The molecule has 2 aliphatic rings. The van der Waals surface area contributed by atoms with E-state index in [2.05, 4.69) is 20.5 Å². The molecule has 28 heavy (non-hydrogen) atoms. The molecule has 6 nitrogen and oxygen atoms in total. The molecule has 1 saturated heterocycles. The number of likely N-dealkylation sites (tertiary alicyclic amines) is 1. The van der Waals surface area contributed by atoms with Crippen molar-refractivity contribution >= 4 is 29.2 Å². The molecule has 1 saturated carbocycles. The van der Waals surface area contributed by atoms with Crippen molar-refractivity contribution in [2.24, 2.45) is 4.99 Å². The number of nitrogens with zero attached hydrogens (tertiary/aromatic N) is 2. The van der Waals surface area contributed by atoms with Gasteiger partial charge in [-0.2, -0.15) is 0 Å². The van der Waals surface area contributed by atoms with Crippen LogP contribution in [0.25, 0.3) is 0 Å². The van der Waals surface area contributed by atoms with Gasteiger partial charge in [0.25, 0.3) is 0 Å². The minimum absolute atomic E-state index is 0.0999. The Hall–Kier alpha value is -1.21. The fourth-order valence-electron chi connectivity index (χ4n) is 3.39. The predicted octanol–water partition coefficient (Wildman–Crippen LogP) is 2.92. The van der Waals surface area contributed by atoms with E-state index in [0.29, 0.717) is 21.8 Å². The molecule has 1 aromatic rings. The molecule has 1 atom stereocenters. The van der Waals surface area contributed by atoms with Crippen molar-refractivity contribution in [3.05, 3.63) is 28.2 Å². The van der Waals surface area contributed by atoms with Gasteiger partial charge in [-0.25, -0.2) is 0 Å². The summed E-state index contributed by atoms with van der Waals surface area (Å²) in [5.74, 6) is 1.21. The number of hydrogen-bond acceptors (Lipinski definition) is 4. The highest BCUT2D eigenvalue weighted by atomic mass is 35.5. The van der Waals surface area contributed by atoms with E-state index in [1.807, 2.05) is 6.92 Å². The predicted molar refractivity (Wildman–Crippen MR) is 115 cm³/mol. The average Bonchev–Trinajstić information content (AvgIpc) is 3.53. The first-order chi connectivity index (χ1) is 13.6. The second-order valence-electron chi connectivity index (χ2n) is 7.42. The molecule has 1 heterocycles. The van der Waals surface area contributed by atoms with E-state index in [-0.39, 0.29) is 13.2 Å². The number of aliphatic hydroxyl groups excluding tert-OH is 1. The SMILES string of the molecule is CCNC(=NCC(O)COc1cccc(Cl)c1Cl)NC1CCN(C2CC2)CC1. The van der Waals surface area contributed by atoms with Crippen LogP contribution in [0.3, 0.4) is 0 Å². The van der Waals surface area contributed by atoms with E-state index in [1.165, 1.54) is 12.8 Å². The number of guanidine groups is 1. The van der Waals surface area contributed by atoms with E-state index >= 15 is 0 Å². The second kappa shape index (κ2) is 10.5. The molecule has 2 fully saturated rings. The van der Waals surface area contributed by atoms with Gasteiger partial charge in [0, 0.05) is 31.7 Å². The molecule has 0 radical (unpaired) electrons. The van der Waals surface area contributed by atoms with E-state index in [4.69, 9.17) is 27.9 Å². The van der Waals surface area contributed by atoms with Crippen LogP contribution in [-0.2, 0) is 0 Å². The third kappa shape index (κ3) is 6.41. The Kier molecular flexibility index (Phi) is 8.09. The van der Waals surface area contributed by atoms with Gasteiger partial charge in [0.1, 0.15) is 23.5 Å². The number of halogens is 2. The van der Waals surface area contributed by atoms with Crippen LogP contribution in [0.15, 0.2) is 23.2 Å². The summed E-state index contributed by atoms with van der Waals surface area (Å²) in [5.41, 5.74) is 0. The molecule has 1 aliphatic carbocycles. The third-order valence-electron chi connectivity index (χ3n) is 5.09. The maximum atomic E-state index is 10.2. The molecule has 1 unspecified atom stereocenters. The minimum Gasteiger partial charge on any atom is -0.489 e. The van der Waals surface area contributed by atoms with E-state index in [9.17, 15) is 5.11 Å². The Bertz CT molecular complexity index is 662. The summed E-state index contributed by atoms with van der Waals surface area (Å²) in [6.45, 7) is 5.46. The van der Waals surface area contributed by atoms with E-state index < -0.39 is 6.10 Å². The molecule has 156 valence electrons. The van der Waals surface area contributed by atoms with Crippen molar-refractivity contribution in [1.82, 2.24) is 15.5 Å². The molecule has 8 heteroatoms. The summed E-state index contributed by atoms with van der Waals surface area (Å²) in [6.07, 6.45) is 4.24. The Morgan fingerprint density at radius 1 is 1.29 bits per heavy atom. The topological polar surface area (TPSA) is 69.1 Å². The van der Waals surface area contributed by atoms with Crippen molar-refractivity contribution in [2.75, 3.05) is 32.8 Å². The summed E-state index contributed by atoms with van der Waals surface area (Å²) in [7, 11) is 0. The highest BCUT2D eigenvalue weighted by Gasteiger charge is 2.31.